The summed E-state index contributed by atoms with van der Waals surface area (Å²) in [5.74, 6) is 0. The average Bonchev–Trinajstić information content (AvgIpc) is 3.05. The van der Waals surface area contributed by atoms with E-state index >= 15 is 0 Å². The predicted octanol–water partition coefficient (Wildman–Crippen LogP) is 11.1. The van der Waals surface area contributed by atoms with Gasteiger partial charge in [-0.05, 0) is 60.7 Å². The summed E-state index contributed by atoms with van der Waals surface area (Å²) in [5, 5.41) is 0. The van der Waals surface area contributed by atoms with Gasteiger partial charge in [-0.25, -0.2) is 0 Å². The van der Waals surface area contributed by atoms with Crippen LogP contribution >= 0.6 is 0 Å². The van der Waals surface area contributed by atoms with Gasteiger partial charge >= 0.3 is 0 Å². The number of aromatic nitrogens is 3. The summed E-state index contributed by atoms with van der Waals surface area (Å²) < 4.78 is 0. The SMILES string of the molecule is CC.CC.CC.CC.CC.CC.CCc1ccccn1.CCc1cccnc1.CCc1ccncc1. The normalized spacial score (nSPS) is 7.08. The van der Waals surface area contributed by atoms with E-state index in [-0.39, 0.29) is 0 Å². The Morgan fingerprint density at radius 2 is 0.944 bits per heavy atom. The standard InChI is InChI=1S/3C7H9N.6C2H6/c1-2-7-3-5-8-6-4-7;1-2-7-4-3-5-8-6-7;1-2-7-5-3-4-6-8-7;6*1-2/h3*3-6H,2H2,1H3;6*1-2H3. The van der Waals surface area contributed by atoms with Gasteiger partial charge in [-0.3, -0.25) is 15.0 Å². The fraction of sp³-hybridized carbons (Fsp3) is 0.545. The van der Waals surface area contributed by atoms with Crippen LogP contribution < -0.4 is 0 Å². The van der Waals surface area contributed by atoms with E-state index in [1.165, 1.54) is 11.1 Å². The van der Waals surface area contributed by atoms with Crippen molar-refractivity contribution in [1.82, 2.24) is 15.0 Å². The van der Waals surface area contributed by atoms with Gasteiger partial charge < -0.3 is 0 Å². The van der Waals surface area contributed by atoms with Gasteiger partial charge in [0.2, 0.25) is 0 Å². The van der Waals surface area contributed by atoms with Crippen LogP contribution in [0.5, 0.6) is 0 Å². The summed E-state index contributed by atoms with van der Waals surface area (Å²) in [4.78, 5) is 11.9. The second kappa shape index (κ2) is 53.7. The molecule has 3 heteroatoms. The van der Waals surface area contributed by atoms with Crippen molar-refractivity contribution in [1.29, 1.82) is 0 Å². The first-order valence-electron chi connectivity index (χ1n) is 14.5. The lowest BCUT2D eigenvalue weighted by Gasteiger charge is -1.89. The fourth-order valence-electron chi connectivity index (χ4n) is 1.83. The van der Waals surface area contributed by atoms with Crippen LogP contribution in [0.25, 0.3) is 0 Å². The third kappa shape index (κ3) is 38.7. The van der Waals surface area contributed by atoms with Gasteiger partial charge in [0, 0.05) is 36.7 Å². The molecule has 3 nitrogen and oxygen atoms in total. The summed E-state index contributed by atoms with van der Waals surface area (Å²) in [6.45, 7) is 30.4. The van der Waals surface area contributed by atoms with Crippen molar-refractivity contribution >= 4 is 0 Å². The zero-order chi connectivity index (χ0) is 29.5. The Morgan fingerprint density at radius 1 is 0.444 bits per heavy atom. The van der Waals surface area contributed by atoms with Crippen LogP contribution in [-0.4, -0.2) is 15.0 Å². The molecule has 3 aromatic heterocycles. The molecule has 0 aliphatic carbocycles. The van der Waals surface area contributed by atoms with Crippen molar-refractivity contribution in [3.05, 3.63) is 90.3 Å². The highest BCUT2D eigenvalue weighted by molar-refractivity contribution is 5.08. The molecule has 36 heavy (non-hydrogen) atoms. The summed E-state index contributed by atoms with van der Waals surface area (Å²) in [6.07, 6.45) is 12.3. The van der Waals surface area contributed by atoms with Gasteiger partial charge in [-0.1, -0.05) is 116 Å². The van der Waals surface area contributed by atoms with Gasteiger partial charge in [-0.2, -0.15) is 0 Å². The third-order valence-electron chi connectivity index (χ3n) is 3.38. The second-order valence-electron chi connectivity index (χ2n) is 5.10. The molecule has 0 spiro atoms. The van der Waals surface area contributed by atoms with Gasteiger partial charge in [0.1, 0.15) is 0 Å². The Hall–Kier alpha value is -2.55. The van der Waals surface area contributed by atoms with E-state index < -0.39 is 0 Å². The van der Waals surface area contributed by atoms with Crippen LogP contribution in [0.3, 0.4) is 0 Å². The molecule has 0 atom stereocenters. The Kier molecular flexibility index (Phi) is 69.7. The van der Waals surface area contributed by atoms with Gasteiger partial charge in [0.15, 0.2) is 0 Å². The second-order valence-corrected chi connectivity index (χ2v) is 5.10. The minimum atomic E-state index is 1.03. The molecule has 3 aromatic rings. The largest absolute Gasteiger partial charge is 0.265 e. The Morgan fingerprint density at radius 3 is 1.19 bits per heavy atom. The van der Waals surface area contributed by atoms with E-state index in [1.807, 2.05) is 144 Å². The summed E-state index contributed by atoms with van der Waals surface area (Å²) in [7, 11) is 0. The highest BCUT2D eigenvalue weighted by atomic mass is 14.7. The molecule has 0 bridgehead atoms. The van der Waals surface area contributed by atoms with E-state index in [0.717, 1.165) is 25.0 Å². The summed E-state index contributed by atoms with van der Waals surface area (Å²) in [5.41, 5.74) is 3.81. The smallest absolute Gasteiger partial charge is 0.0400 e. The number of hydrogen-bond acceptors (Lipinski definition) is 3. The number of hydrogen-bond donors (Lipinski definition) is 0. The zero-order valence-corrected chi connectivity index (χ0v) is 26.9. The van der Waals surface area contributed by atoms with E-state index in [4.69, 9.17) is 0 Å². The quantitative estimate of drug-likeness (QED) is 0.358. The predicted molar refractivity (Wildman–Crippen MR) is 169 cm³/mol. The maximum Gasteiger partial charge on any atom is 0.0400 e. The number of rotatable bonds is 3. The maximum absolute atomic E-state index is 4.10. The lowest BCUT2D eigenvalue weighted by Crippen LogP contribution is -1.81. The summed E-state index contributed by atoms with van der Waals surface area (Å²) >= 11 is 0. The fourth-order valence-corrected chi connectivity index (χ4v) is 1.83. The van der Waals surface area contributed by atoms with Gasteiger partial charge in [-0.15, -0.1) is 0 Å². The minimum absolute atomic E-state index is 1.03. The van der Waals surface area contributed by atoms with E-state index in [9.17, 15) is 0 Å². The topological polar surface area (TPSA) is 38.7 Å². The van der Waals surface area contributed by atoms with E-state index in [1.54, 1.807) is 6.20 Å². The third-order valence-corrected chi connectivity index (χ3v) is 3.38. The molecule has 3 heterocycles. The molecule has 0 aliphatic heterocycles. The van der Waals surface area contributed by atoms with Crippen LogP contribution in [0.15, 0.2) is 73.4 Å². The zero-order valence-electron chi connectivity index (χ0n) is 26.9. The first kappa shape index (κ1) is 46.7. The van der Waals surface area contributed by atoms with Crippen molar-refractivity contribution in [2.45, 2.75) is 123 Å². The first-order valence-corrected chi connectivity index (χ1v) is 14.5. The van der Waals surface area contributed by atoms with Gasteiger partial charge in [0.25, 0.3) is 0 Å². The van der Waals surface area contributed by atoms with Crippen molar-refractivity contribution < 1.29 is 0 Å². The number of aryl methyl sites for hydroxylation is 3. The maximum atomic E-state index is 4.10. The van der Waals surface area contributed by atoms with E-state index in [0.29, 0.717) is 0 Å². The average molecular weight is 502 g/mol. The Bertz CT molecular complexity index is 533. The molecule has 0 saturated heterocycles. The Balaban J connectivity index is -0.0000000775. The lowest BCUT2D eigenvalue weighted by molar-refractivity contribution is 1.04. The molecule has 0 unspecified atom stereocenters. The number of nitrogens with zero attached hydrogens (tertiary/aromatic N) is 3. The number of pyridine rings is 3. The first-order chi connectivity index (χ1) is 17.8. The van der Waals surface area contributed by atoms with Crippen LogP contribution in [0.4, 0.5) is 0 Å². The molecule has 0 fully saturated rings. The Labute approximate surface area is 228 Å². The lowest BCUT2D eigenvalue weighted by atomic mass is 10.2. The van der Waals surface area contributed by atoms with Crippen molar-refractivity contribution in [3.8, 4) is 0 Å². The minimum Gasteiger partial charge on any atom is -0.265 e. The molecule has 0 saturated carbocycles. The van der Waals surface area contributed by atoms with Crippen molar-refractivity contribution in [2.75, 3.05) is 0 Å². The molecule has 0 aromatic carbocycles. The molecule has 0 aliphatic rings. The highest BCUT2D eigenvalue weighted by Crippen LogP contribution is 1.95. The van der Waals surface area contributed by atoms with Crippen LogP contribution in [0.2, 0.25) is 0 Å². The van der Waals surface area contributed by atoms with Crippen molar-refractivity contribution in [3.63, 3.8) is 0 Å². The monoisotopic (exact) mass is 502 g/mol. The molecule has 0 radical (unpaired) electrons. The van der Waals surface area contributed by atoms with E-state index in [2.05, 4.69) is 41.8 Å². The molecule has 210 valence electrons. The van der Waals surface area contributed by atoms with Crippen LogP contribution in [0.1, 0.15) is 121 Å². The summed E-state index contributed by atoms with van der Waals surface area (Å²) in [6, 6.07) is 14.1. The molecular weight excluding hydrogens is 438 g/mol. The van der Waals surface area contributed by atoms with Crippen LogP contribution in [-0.2, 0) is 19.3 Å². The molecule has 3 rings (SSSR count). The highest BCUT2D eigenvalue weighted by Gasteiger charge is 1.82. The molecule has 0 N–H and O–H groups in total. The van der Waals surface area contributed by atoms with Gasteiger partial charge in [0.05, 0.1) is 0 Å². The molecule has 0 amide bonds. The molecular formula is C33H63N3. The van der Waals surface area contributed by atoms with Crippen LogP contribution in [0, 0.1) is 0 Å². The van der Waals surface area contributed by atoms with Crippen molar-refractivity contribution in [2.24, 2.45) is 0 Å².